The standard InChI is InChI=1S/C20H18N4O2S/c1-13(23-24-20-9-7-17(12-22-20)27(21,25)26)14-6-8-19-16(10-14)11-15-4-2-3-5-18(15)19/h2-10,12H,11H2,1H3,(H,22,24)(H2,21,25,26). The molecule has 0 amide bonds. The molecule has 1 heterocycles. The summed E-state index contributed by atoms with van der Waals surface area (Å²) in [6.07, 6.45) is 2.13. The fourth-order valence-electron chi connectivity index (χ4n) is 3.19. The van der Waals surface area contributed by atoms with E-state index in [1.165, 1.54) is 40.6 Å². The van der Waals surface area contributed by atoms with Crippen molar-refractivity contribution in [1.29, 1.82) is 0 Å². The lowest BCUT2D eigenvalue weighted by Gasteiger charge is -2.06. The SMILES string of the molecule is CC(=NNc1ccc(S(N)(=O)=O)cn1)c1ccc2c(c1)Cc1ccccc1-2. The molecule has 6 nitrogen and oxygen atoms in total. The van der Waals surface area contributed by atoms with Crippen LogP contribution < -0.4 is 10.6 Å². The molecule has 1 aliphatic carbocycles. The summed E-state index contributed by atoms with van der Waals surface area (Å²) in [4.78, 5) is 3.98. The zero-order valence-corrected chi connectivity index (χ0v) is 15.5. The van der Waals surface area contributed by atoms with Crippen molar-refractivity contribution < 1.29 is 8.42 Å². The van der Waals surface area contributed by atoms with E-state index in [0.29, 0.717) is 5.82 Å². The van der Waals surface area contributed by atoms with E-state index in [-0.39, 0.29) is 4.90 Å². The first-order chi connectivity index (χ1) is 12.9. The minimum Gasteiger partial charge on any atom is -0.261 e. The summed E-state index contributed by atoms with van der Waals surface area (Å²) >= 11 is 0. The van der Waals surface area contributed by atoms with Gasteiger partial charge in [0.15, 0.2) is 0 Å². The lowest BCUT2D eigenvalue weighted by atomic mass is 10.0. The number of anilines is 1. The number of nitrogens with zero attached hydrogens (tertiary/aromatic N) is 2. The predicted molar refractivity (Wildman–Crippen MR) is 106 cm³/mol. The molecule has 27 heavy (non-hydrogen) atoms. The van der Waals surface area contributed by atoms with Crippen molar-refractivity contribution in [2.75, 3.05) is 5.43 Å². The number of nitrogens with one attached hydrogen (secondary N) is 1. The molecule has 0 aliphatic heterocycles. The number of hydrogen-bond acceptors (Lipinski definition) is 5. The van der Waals surface area contributed by atoms with Gasteiger partial charge in [-0.25, -0.2) is 18.5 Å². The molecule has 0 unspecified atom stereocenters. The lowest BCUT2D eigenvalue weighted by molar-refractivity contribution is 0.597. The maximum Gasteiger partial charge on any atom is 0.239 e. The number of hydrazone groups is 1. The van der Waals surface area contributed by atoms with Crippen molar-refractivity contribution in [2.45, 2.75) is 18.2 Å². The molecular formula is C20H18N4O2S. The van der Waals surface area contributed by atoms with E-state index >= 15 is 0 Å². The van der Waals surface area contributed by atoms with Gasteiger partial charge in [-0.1, -0.05) is 36.4 Å². The normalized spacial score (nSPS) is 13.2. The molecule has 0 saturated carbocycles. The number of fused-ring (bicyclic) bond motifs is 3. The van der Waals surface area contributed by atoms with Crippen molar-refractivity contribution >= 4 is 21.6 Å². The topological polar surface area (TPSA) is 97.4 Å². The number of aromatic nitrogens is 1. The van der Waals surface area contributed by atoms with E-state index in [0.717, 1.165) is 17.7 Å². The number of sulfonamides is 1. The van der Waals surface area contributed by atoms with E-state index in [2.05, 4.69) is 58.0 Å². The van der Waals surface area contributed by atoms with Crippen LogP contribution in [-0.2, 0) is 16.4 Å². The van der Waals surface area contributed by atoms with Crippen LogP contribution in [0.2, 0.25) is 0 Å². The second kappa shape index (κ2) is 6.61. The smallest absolute Gasteiger partial charge is 0.239 e. The molecule has 0 spiro atoms. The van der Waals surface area contributed by atoms with Gasteiger partial charge in [0.05, 0.1) is 5.71 Å². The Morgan fingerprint density at radius 3 is 2.59 bits per heavy atom. The zero-order valence-electron chi connectivity index (χ0n) is 14.7. The van der Waals surface area contributed by atoms with Crippen LogP contribution >= 0.6 is 0 Å². The fourth-order valence-corrected chi connectivity index (χ4v) is 3.65. The molecule has 0 bridgehead atoms. The highest BCUT2D eigenvalue weighted by Gasteiger charge is 2.18. The van der Waals surface area contributed by atoms with Gasteiger partial charge in [0.25, 0.3) is 0 Å². The second-order valence-electron chi connectivity index (χ2n) is 6.44. The van der Waals surface area contributed by atoms with E-state index in [1.54, 1.807) is 0 Å². The Kier molecular flexibility index (Phi) is 4.25. The number of pyridine rings is 1. The highest BCUT2D eigenvalue weighted by Crippen LogP contribution is 2.36. The van der Waals surface area contributed by atoms with Gasteiger partial charge in [0, 0.05) is 6.20 Å². The van der Waals surface area contributed by atoms with Crippen LogP contribution in [0.3, 0.4) is 0 Å². The number of rotatable bonds is 4. The average molecular weight is 378 g/mol. The highest BCUT2D eigenvalue weighted by molar-refractivity contribution is 7.89. The van der Waals surface area contributed by atoms with Gasteiger partial charge in [-0.3, -0.25) is 5.43 Å². The number of benzene rings is 2. The fraction of sp³-hybridized carbons (Fsp3) is 0.100. The third kappa shape index (κ3) is 3.47. The second-order valence-corrected chi connectivity index (χ2v) is 8.00. The predicted octanol–water partition coefficient (Wildman–Crippen LogP) is 3.14. The summed E-state index contributed by atoms with van der Waals surface area (Å²) in [5, 5.41) is 9.42. The Bertz CT molecular complexity index is 1150. The van der Waals surface area contributed by atoms with Crippen molar-refractivity contribution in [3.8, 4) is 11.1 Å². The van der Waals surface area contributed by atoms with Gasteiger partial charge >= 0.3 is 0 Å². The Labute approximate surface area is 157 Å². The summed E-state index contributed by atoms with van der Waals surface area (Å²) in [7, 11) is -3.75. The Morgan fingerprint density at radius 1 is 1.07 bits per heavy atom. The monoisotopic (exact) mass is 378 g/mol. The van der Waals surface area contributed by atoms with Crippen molar-refractivity contribution in [2.24, 2.45) is 10.2 Å². The van der Waals surface area contributed by atoms with Crippen molar-refractivity contribution in [3.63, 3.8) is 0 Å². The van der Waals surface area contributed by atoms with Gasteiger partial charge in [-0.05, 0) is 59.4 Å². The number of primary sulfonamides is 1. The largest absolute Gasteiger partial charge is 0.261 e. The van der Waals surface area contributed by atoms with Gasteiger partial charge in [0.2, 0.25) is 10.0 Å². The maximum absolute atomic E-state index is 11.3. The van der Waals surface area contributed by atoms with Crippen LogP contribution in [0.4, 0.5) is 5.82 Å². The van der Waals surface area contributed by atoms with Gasteiger partial charge < -0.3 is 0 Å². The first-order valence-corrected chi connectivity index (χ1v) is 9.97. The molecule has 2 aromatic carbocycles. The lowest BCUT2D eigenvalue weighted by Crippen LogP contribution is -2.12. The number of hydrogen-bond donors (Lipinski definition) is 2. The zero-order chi connectivity index (χ0) is 19.0. The van der Waals surface area contributed by atoms with Gasteiger partial charge in [-0.2, -0.15) is 5.10 Å². The highest BCUT2D eigenvalue weighted by atomic mass is 32.2. The van der Waals surface area contributed by atoms with Crippen molar-refractivity contribution in [1.82, 2.24) is 4.98 Å². The third-order valence-corrected chi connectivity index (χ3v) is 5.51. The molecule has 136 valence electrons. The molecule has 1 aliphatic rings. The minimum atomic E-state index is -3.75. The van der Waals surface area contributed by atoms with Crippen LogP contribution in [0.1, 0.15) is 23.6 Å². The van der Waals surface area contributed by atoms with Crippen LogP contribution in [0.15, 0.2) is 70.8 Å². The molecule has 0 fully saturated rings. The minimum absolute atomic E-state index is 0.0352. The van der Waals surface area contributed by atoms with Gasteiger partial charge in [-0.15, -0.1) is 0 Å². The first-order valence-electron chi connectivity index (χ1n) is 8.42. The first kappa shape index (κ1) is 17.4. The molecule has 0 radical (unpaired) electrons. The third-order valence-electron chi connectivity index (χ3n) is 4.61. The van der Waals surface area contributed by atoms with E-state index in [4.69, 9.17) is 5.14 Å². The maximum atomic E-state index is 11.3. The van der Waals surface area contributed by atoms with E-state index < -0.39 is 10.0 Å². The average Bonchev–Trinajstić information content (AvgIpc) is 3.03. The van der Waals surface area contributed by atoms with E-state index in [1.807, 2.05) is 6.92 Å². The molecule has 4 rings (SSSR count). The quantitative estimate of drug-likeness (QED) is 0.421. The number of nitrogens with two attached hydrogens (primary N) is 1. The molecule has 3 N–H and O–H groups in total. The summed E-state index contributed by atoms with van der Waals surface area (Å²) in [6.45, 7) is 1.91. The Balaban J connectivity index is 1.53. The van der Waals surface area contributed by atoms with Crippen molar-refractivity contribution in [3.05, 3.63) is 77.5 Å². The Morgan fingerprint density at radius 2 is 1.85 bits per heavy atom. The van der Waals surface area contributed by atoms with Crippen LogP contribution in [-0.4, -0.2) is 19.1 Å². The molecule has 3 aromatic rings. The molecule has 0 saturated heterocycles. The summed E-state index contributed by atoms with van der Waals surface area (Å²) in [5.41, 5.74) is 9.89. The van der Waals surface area contributed by atoms with E-state index in [9.17, 15) is 8.42 Å². The summed E-state index contributed by atoms with van der Waals surface area (Å²) in [6, 6.07) is 17.7. The molecule has 0 atom stereocenters. The summed E-state index contributed by atoms with van der Waals surface area (Å²) < 4.78 is 22.5. The Hall–Kier alpha value is -3.03. The molecule has 7 heteroatoms. The van der Waals surface area contributed by atoms with Gasteiger partial charge in [0.1, 0.15) is 10.7 Å². The molecular weight excluding hydrogens is 360 g/mol. The summed E-state index contributed by atoms with van der Waals surface area (Å²) in [5.74, 6) is 0.440. The van der Waals surface area contributed by atoms with Crippen LogP contribution in [0, 0.1) is 0 Å². The van der Waals surface area contributed by atoms with Crippen LogP contribution in [0.25, 0.3) is 11.1 Å². The molecule has 1 aromatic heterocycles. The van der Waals surface area contributed by atoms with Crippen LogP contribution in [0.5, 0.6) is 0 Å².